The number of carbonyl (C=O) groups is 1. The minimum atomic E-state index is -0.0758. The molecule has 0 aromatic heterocycles. The van der Waals surface area contributed by atoms with Crippen molar-refractivity contribution in [3.63, 3.8) is 0 Å². The van der Waals surface area contributed by atoms with Crippen LogP contribution >= 0.6 is 0 Å². The summed E-state index contributed by atoms with van der Waals surface area (Å²) in [5, 5.41) is 0. The summed E-state index contributed by atoms with van der Waals surface area (Å²) < 4.78 is 0. The van der Waals surface area contributed by atoms with Crippen LogP contribution in [0.15, 0.2) is 0 Å². The van der Waals surface area contributed by atoms with Gasteiger partial charge in [0.05, 0.1) is 0 Å². The summed E-state index contributed by atoms with van der Waals surface area (Å²) in [5.41, 5.74) is 0. The molecule has 0 spiro atoms. The van der Waals surface area contributed by atoms with Crippen LogP contribution in [0.5, 0.6) is 0 Å². The van der Waals surface area contributed by atoms with E-state index >= 15 is 0 Å². The molecule has 1 rings (SSSR count). The van der Waals surface area contributed by atoms with Crippen molar-refractivity contribution in [3.8, 4) is 0 Å². The smallest absolute Gasteiger partial charge is 0.225 e. The van der Waals surface area contributed by atoms with Crippen molar-refractivity contribution in [1.82, 2.24) is 4.90 Å². The molecule has 0 N–H and O–H groups in total. The Morgan fingerprint density at radius 3 is 2.36 bits per heavy atom. The Labute approximate surface area is 68.6 Å². The quantitative estimate of drug-likeness (QED) is 0.560. The monoisotopic (exact) mass is 154 g/mol. The van der Waals surface area contributed by atoms with Crippen molar-refractivity contribution >= 4 is 5.91 Å². The molecule has 1 radical (unpaired) electrons. The van der Waals surface area contributed by atoms with E-state index in [-0.39, 0.29) is 11.8 Å². The minimum absolute atomic E-state index is 0.0758. The molecule has 1 fully saturated rings. The van der Waals surface area contributed by atoms with Gasteiger partial charge < -0.3 is 4.90 Å². The van der Waals surface area contributed by atoms with Gasteiger partial charge in [-0.3, -0.25) is 4.79 Å². The Hall–Kier alpha value is -0.530. The predicted octanol–water partition coefficient (Wildman–Crippen LogP) is 1.47. The third-order valence-electron chi connectivity index (χ3n) is 2.09. The van der Waals surface area contributed by atoms with Gasteiger partial charge in [-0.1, -0.05) is 6.92 Å². The third kappa shape index (κ3) is 2.21. The molecule has 2 heteroatoms. The molecule has 0 bridgehead atoms. The van der Waals surface area contributed by atoms with E-state index in [4.69, 9.17) is 0 Å². The number of hydrogen-bond acceptors (Lipinski definition) is 1. The second-order valence-corrected chi connectivity index (χ2v) is 3.29. The van der Waals surface area contributed by atoms with Gasteiger partial charge in [0.2, 0.25) is 5.91 Å². The van der Waals surface area contributed by atoms with Gasteiger partial charge >= 0.3 is 0 Å². The van der Waals surface area contributed by atoms with Crippen LogP contribution in [0.4, 0.5) is 0 Å². The molecule has 1 aliphatic rings. The first kappa shape index (κ1) is 8.57. The lowest BCUT2D eigenvalue weighted by atomic mass is 10.1. The molecule has 0 saturated carbocycles. The van der Waals surface area contributed by atoms with Gasteiger partial charge in [0, 0.05) is 19.0 Å². The molecular weight excluding hydrogens is 138 g/mol. The van der Waals surface area contributed by atoms with Gasteiger partial charge in [-0.25, -0.2) is 0 Å². The van der Waals surface area contributed by atoms with Gasteiger partial charge in [0.1, 0.15) is 0 Å². The van der Waals surface area contributed by atoms with Crippen molar-refractivity contribution < 1.29 is 4.79 Å². The Bertz CT molecular complexity index is 136. The van der Waals surface area contributed by atoms with Crippen LogP contribution in [0.25, 0.3) is 0 Å². The Morgan fingerprint density at radius 2 is 1.91 bits per heavy atom. The number of rotatable bonds is 1. The number of hydrogen-bond donors (Lipinski definition) is 0. The molecule has 11 heavy (non-hydrogen) atoms. The van der Waals surface area contributed by atoms with Gasteiger partial charge in [-0.05, 0) is 26.2 Å². The van der Waals surface area contributed by atoms with E-state index < -0.39 is 0 Å². The van der Waals surface area contributed by atoms with Crippen LogP contribution in [-0.2, 0) is 4.79 Å². The highest BCUT2D eigenvalue weighted by molar-refractivity contribution is 5.79. The summed E-state index contributed by atoms with van der Waals surface area (Å²) in [6, 6.07) is 0. The van der Waals surface area contributed by atoms with Crippen LogP contribution in [-0.4, -0.2) is 23.9 Å². The SMILES string of the molecule is [CH2]C(C)C(=O)N1CCCCC1. The van der Waals surface area contributed by atoms with E-state index in [1.165, 1.54) is 19.3 Å². The van der Waals surface area contributed by atoms with Crippen LogP contribution in [0.2, 0.25) is 0 Å². The first-order valence-electron chi connectivity index (χ1n) is 4.33. The zero-order chi connectivity index (χ0) is 8.27. The maximum absolute atomic E-state index is 11.4. The van der Waals surface area contributed by atoms with Crippen molar-refractivity contribution in [2.75, 3.05) is 13.1 Å². The Morgan fingerprint density at radius 1 is 1.36 bits per heavy atom. The first-order valence-corrected chi connectivity index (χ1v) is 4.33. The third-order valence-corrected chi connectivity index (χ3v) is 2.09. The van der Waals surface area contributed by atoms with Crippen molar-refractivity contribution in [3.05, 3.63) is 6.92 Å². The van der Waals surface area contributed by atoms with E-state index in [2.05, 4.69) is 6.92 Å². The second kappa shape index (κ2) is 3.74. The van der Waals surface area contributed by atoms with E-state index in [1.807, 2.05) is 11.8 Å². The lowest BCUT2D eigenvalue weighted by Crippen LogP contribution is -2.38. The summed E-state index contributed by atoms with van der Waals surface area (Å²) in [6.07, 6.45) is 3.60. The highest BCUT2D eigenvalue weighted by atomic mass is 16.2. The van der Waals surface area contributed by atoms with Gasteiger partial charge in [0.25, 0.3) is 0 Å². The maximum Gasteiger partial charge on any atom is 0.225 e. The van der Waals surface area contributed by atoms with E-state index in [0.717, 1.165) is 13.1 Å². The van der Waals surface area contributed by atoms with E-state index in [1.54, 1.807) is 0 Å². The fourth-order valence-electron chi connectivity index (χ4n) is 1.43. The predicted molar refractivity (Wildman–Crippen MR) is 45.0 cm³/mol. The largest absolute Gasteiger partial charge is 0.342 e. The van der Waals surface area contributed by atoms with Gasteiger partial charge in [0.15, 0.2) is 0 Å². The molecule has 1 aliphatic heterocycles. The van der Waals surface area contributed by atoms with Crippen molar-refractivity contribution in [2.24, 2.45) is 5.92 Å². The summed E-state index contributed by atoms with van der Waals surface area (Å²) in [6.45, 7) is 7.47. The van der Waals surface area contributed by atoms with E-state index in [9.17, 15) is 4.79 Å². The van der Waals surface area contributed by atoms with Crippen LogP contribution in [0.3, 0.4) is 0 Å². The fourth-order valence-corrected chi connectivity index (χ4v) is 1.43. The highest BCUT2D eigenvalue weighted by Crippen LogP contribution is 2.11. The zero-order valence-corrected chi connectivity index (χ0v) is 7.18. The molecule has 0 aromatic rings. The molecule has 1 amide bonds. The summed E-state index contributed by atoms with van der Waals surface area (Å²) in [7, 11) is 0. The number of likely N-dealkylation sites (tertiary alicyclic amines) is 1. The molecule has 63 valence electrons. The van der Waals surface area contributed by atoms with Crippen molar-refractivity contribution in [1.29, 1.82) is 0 Å². The number of nitrogens with zero attached hydrogens (tertiary/aromatic N) is 1. The highest BCUT2D eigenvalue weighted by Gasteiger charge is 2.18. The van der Waals surface area contributed by atoms with Gasteiger partial charge in [-0.2, -0.15) is 0 Å². The van der Waals surface area contributed by atoms with Crippen LogP contribution < -0.4 is 0 Å². The van der Waals surface area contributed by atoms with E-state index in [0.29, 0.717) is 0 Å². The Balaban J connectivity index is 2.39. The van der Waals surface area contributed by atoms with Crippen LogP contribution in [0, 0.1) is 12.8 Å². The Kier molecular flexibility index (Phi) is 2.92. The average molecular weight is 154 g/mol. The molecule has 1 heterocycles. The average Bonchev–Trinajstić information content (AvgIpc) is 2.05. The molecule has 0 aliphatic carbocycles. The molecular formula is C9H16NO. The summed E-state index contributed by atoms with van der Waals surface area (Å²) in [5.74, 6) is 0.137. The summed E-state index contributed by atoms with van der Waals surface area (Å²) in [4.78, 5) is 13.3. The maximum atomic E-state index is 11.4. The molecule has 2 nitrogen and oxygen atoms in total. The van der Waals surface area contributed by atoms with Crippen molar-refractivity contribution in [2.45, 2.75) is 26.2 Å². The summed E-state index contributed by atoms with van der Waals surface area (Å²) >= 11 is 0. The van der Waals surface area contributed by atoms with Crippen LogP contribution in [0.1, 0.15) is 26.2 Å². The fraction of sp³-hybridized carbons (Fsp3) is 0.778. The topological polar surface area (TPSA) is 20.3 Å². The molecule has 1 saturated heterocycles. The second-order valence-electron chi connectivity index (χ2n) is 3.29. The zero-order valence-electron chi connectivity index (χ0n) is 7.18. The normalized spacial score (nSPS) is 19.0. The first-order chi connectivity index (χ1) is 5.22. The standard InChI is InChI=1S/C9H16NO/c1-8(2)9(11)10-6-4-3-5-7-10/h8H,1,3-7H2,2H3. The molecule has 0 aromatic carbocycles. The lowest BCUT2D eigenvalue weighted by molar-refractivity contribution is -0.134. The number of carbonyl (C=O) groups excluding carboxylic acids is 1. The molecule has 1 atom stereocenters. The minimum Gasteiger partial charge on any atom is -0.342 e. The molecule has 1 unspecified atom stereocenters. The lowest BCUT2D eigenvalue weighted by Gasteiger charge is -2.28. The number of piperidine rings is 1. The number of amides is 1. The van der Waals surface area contributed by atoms with Gasteiger partial charge in [-0.15, -0.1) is 0 Å².